The van der Waals surface area contributed by atoms with Crippen LogP contribution in [0.4, 0.5) is 4.39 Å². The average Bonchev–Trinajstić information content (AvgIpc) is 2.77. The third-order valence-corrected chi connectivity index (χ3v) is 4.99. The van der Waals surface area contributed by atoms with Gasteiger partial charge in [-0.2, -0.15) is 11.8 Å². The number of halogens is 1. The minimum atomic E-state index is -0.146. The van der Waals surface area contributed by atoms with Gasteiger partial charge >= 0.3 is 0 Å². The van der Waals surface area contributed by atoms with E-state index in [1.807, 2.05) is 12.1 Å². The maximum Gasteiger partial charge on any atom is 0.223 e. The highest BCUT2D eigenvalue weighted by atomic mass is 32.2. The zero-order valence-electron chi connectivity index (χ0n) is 12.4. The number of thioether (sulfide) groups is 1. The monoisotopic (exact) mass is 309 g/mol. The number of hydrogen-bond donors (Lipinski definition) is 1. The summed E-state index contributed by atoms with van der Waals surface area (Å²) < 4.78 is 13.4. The van der Waals surface area contributed by atoms with Crippen LogP contribution in [0.2, 0.25) is 0 Å². The first-order valence-electron chi connectivity index (χ1n) is 7.86. The van der Waals surface area contributed by atoms with Gasteiger partial charge in [0.2, 0.25) is 5.91 Å². The molecule has 2 nitrogen and oxygen atoms in total. The first-order chi connectivity index (χ1) is 10.3. The molecule has 0 radical (unpaired) electrons. The van der Waals surface area contributed by atoms with Crippen LogP contribution in [-0.4, -0.2) is 18.2 Å². The minimum absolute atomic E-state index is 0.146. The van der Waals surface area contributed by atoms with Gasteiger partial charge in [-0.3, -0.25) is 4.79 Å². The van der Waals surface area contributed by atoms with Crippen LogP contribution in [0.25, 0.3) is 0 Å². The van der Waals surface area contributed by atoms with E-state index in [4.69, 9.17) is 0 Å². The van der Waals surface area contributed by atoms with Crippen molar-refractivity contribution in [1.82, 2.24) is 5.32 Å². The molecule has 0 aromatic heterocycles. The summed E-state index contributed by atoms with van der Waals surface area (Å²) in [6, 6.07) is 6.86. The molecule has 21 heavy (non-hydrogen) atoms. The highest BCUT2D eigenvalue weighted by Gasteiger charge is 2.19. The van der Waals surface area contributed by atoms with Crippen molar-refractivity contribution in [3.8, 4) is 0 Å². The van der Waals surface area contributed by atoms with Crippen molar-refractivity contribution in [2.24, 2.45) is 5.92 Å². The van der Waals surface area contributed by atoms with E-state index in [0.717, 1.165) is 24.2 Å². The van der Waals surface area contributed by atoms with Gasteiger partial charge in [0.25, 0.3) is 0 Å². The zero-order chi connectivity index (χ0) is 14.9. The van der Waals surface area contributed by atoms with Gasteiger partial charge in [-0.25, -0.2) is 4.39 Å². The molecular weight excluding hydrogens is 285 g/mol. The largest absolute Gasteiger partial charge is 0.355 e. The predicted octanol–water partition coefficient (Wildman–Crippen LogP) is 4.15. The maximum atomic E-state index is 13.4. The fraction of sp³-hybridized carbons (Fsp3) is 0.588. The maximum absolute atomic E-state index is 13.4. The number of carbonyl (C=O) groups is 1. The van der Waals surface area contributed by atoms with Crippen LogP contribution in [0.1, 0.15) is 44.1 Å². The molecule has 0 atom stereocenters. The van der Waals surface area contributed by atoms with Gasteiger partial charge in [0, 0.05) is 24.0 Å². The van der Waals surface area contributed by atoms with Crippen molar-refractivity contribution in [3.05, 3.63) is 35.6 Å². The molecule has 116 valence electrons. The Balaban J connectivity index is 1.61. The molecule has 0 bridgehead atoms. The highest BCUT2D eigenvalue weighted by Crippen LogP contribution is 2.22. The van der Waals surface area contributed by atoms with Crippen molar-refractivity contribution in [3.63, 3.8) is 0 Å². The van der Waals surface area contributed by atoms with E-state index >= 15 is 0 Å². The third kappa shape index (κ3) is 5.70. The number of carbonyl (C=O) groups excluding carboxylic acids is 1. The Morgan fingerprint density at radius 1 is 1.19 bits per heavy atom. The van der Waals surface area contributed by atoms with Gasteiger partial charge < -0.3 is 5.32 Å². The van der Waals surface area contributed by atoms with Crippen LogP contribution in [0, 0.1) is 11.7 Å². The molecule has 1 aliphatic rings. The van der Waals surface area contributed by atoms with Crippen molar-refractivity contribution in [1.29, 1.82) is 0 Å². The van der Waals surface area contributed by atoms with E-state index in [9.17, 15) is 9.18 Å². The van der Waals surface area contributed by atoms with Gasteiger partial charge in [-0.15, -0.1) is 0 Å². The quantitative estimate of drug-likeness (QED) is 0.632. The van der Waals surface area contributed by atoms with Gasteiger partial charge in [0.15, 0.2) is 0 Å². The summed E-state index contributed by atoms with van der Waals surface area (Å²) in [7, 11) is 0. The van der Waals surface area contributed by atoms with E-state index in [-0.39, 0.29) is 17.6 Å². The molecule has 1 amide bonds. The Kier molecular flexibility index (Phi) is 7.07. The molecule has 0 aliphatic heterocycles. The van der Waals surface area contributed by atoms with E-state index in [2.05, 4.69) is 5.32 Å². The smallest absolute Gasteiger partial charge is 0.223 e. The molecule has 1 N–H and O–H groups in total. The second-order valence-electron chi connectivity index (χ2n) is 5.62. The zero-order valence-corrected chi connectivity index (χ0v) is 13.3. The molecule has 2 rings (SSSR count). The minimum Gasteiger partial charge on any atom is -0.355 e. The van der Waals surface area contributed by atoms with Crippen molar-refractivity contribution in [2.45, 2.75) is 44.3 Å². The first kappa shape index (κ1) is 16.3. The van der Waals surface area contributed by atoms with E-state index in [1.54, 1.807) is 17.8 Å². The molecule has 1 saturated carbocycles. The summed E-state index contributed by atoms with van der Waals surface area (Å²) in [4.78, 5) is 12.1. The number of amides is 1. The first-order valence-corrected chi connectivity index (χ1v) is 9.01. The summed E-state index contributed by atoms with van der Waals surface area (Å²) >= 11 is 1.66. The summed E-state index contributed by atoms with van der Waals surface area (Å²) in [6.07, 6.45) is 6.97. The molecule has 0 heterocycles. The van der Waals surface area contributed by atoms with Crippen LogP contribution in [0.3, 0.4) is 0 Å². The van der Waals surface area contributed by atoms with Crippen LogP contribution >= 0.6 is 11.8 Å². The second-order valence-corrected chi connectivity index (χ2v) is 6.73. The average molecular weight is 309 g/mol. The van der Waals surface area contributed by atoms with E-state index in [1.165, 1.54) is 31.7 Å². The Morgan fingerprint density at radius 2 is 1.90 bits per heavy atom. The normalized spacial score (nSPS) is 16.4. The lowest BCUT2D eigenvalue weighted by molar-refractivity contribution is -0.125. The number of benzene rings is 1. The molecule has 4 heteroatoms. The molecule has 1 aromatic rings. The number of nitrogens with one attached hydrogen (secondary N) is 1. The van der Waals surface area contributed by atoms with E-state index < -0.39 is 0 Å². The molecule has 0 saturated heterocycles. The fourth-order valence-corrected chi connectivity index (χ4v) is 3.57. The molecule has 1 fully saturated rings. The fourth-order valence-electron chi connectivity index (χ4n) is 2.73. The van der Waals surface area contributed by atoms with Gasteiger partial charge in [0.05, 0.1) is 0 Å². The van der Waals surface area contributed by atoms with Crippen LogP contribution in [0.15, 0.2) is 24.3 Å². The Hall–Kier alpha value is -1.03. The molecular formula is C17H24FNOS. The molecule has 1 aliphatic carbocycles. The number of hydrogen-bond acceptors (Lipinski definition) is 2. The summed E-state index contributed by atoms with van der Waals surface area (Å²) in [6.45, 7) is 0.675. The lowest BCUT2D eigenvalue weighted by atomic mass is 10.00. The van der Waals surface area contributed by atoms with Gasteiger partial charge in [-0.05, 0) is 24.5 Å². The molecule has 0 spiro atoms. The Bertz CT molecular complexity index is 444. The van der Waals surface area contributed by atoms with Crippen LogP contribution < -0.4 is 5.32 Å². The Morgan fingerprint density at radius 3 is 2.62 bits per heavy atom. The van der Waals surface area contributed by atoms with Crippen LogP contribution in [-0.2, 0) is 10.5 Å². The topological polar surface area (TPSA) is 29.1 Å². The van der Waals surface area contributed by atoms with Crippen molar-refractivity contribution < 1.29 is 9.18 Å². The summed E-state index contributed by atoms with van der Waals surface area (Å²) in [5.41, 5.74) is 0.734. The predicted molar refractivity (Wildman–Crippen MR) is 86.8 cm³/mol. The molecule has 0 unspecified atom stereocenters. The molecule has 1 aromatic carbocycles. The van der Waals surface area contributed by atoms with Gasteiger partial charge in [-0.1, -0.05) is 43.9 Å². The summed E-state index contributed by atoms with van der Waals surface area (Å²) in [5.74, 6) is 1.76. The lowest BCUT2D eigenvalue weighted by Gasteiger charge is -2.13. The SMILES string of the molecule is O=C(NCCSCc1ccccc1F)C1CCCCCC1. The highest BCUT2D eigenvalue weighted by molar-refractivity contribution is 7.98. The summed E-state index contributed by atoms with van der Waals surface area (Å²) in [5, 5.41) is 3.03. The second kappa shape index (κ2) is 9.08. The van der Waals surface area contributed by atoms with Crippen LogP contribution in [0.5, 0.6) is 0 Å². The third-order valence-electron chi connectivity index (χ3n) is 3.99. The number of rotatable bonds is 6. The van der Waals surface area contributed by atoms with Crippen molar-refractivity contribution in [2.75, 3.05) is 12.3 Å². The standard InChI is InChI=1S/C17H24FNOS/c18-16-10-6-5-9-15(16)13-21-12-11-19-17(20)14-7-3-1-2-4-8-14/h5-6,9-10,14H,1-4,7-8,11-13H2,(H,19,20). The van der Waals surface area contributed by atoms with Crippen molar-refractivity contribution >= 4 is 17.7 Å². The Labute approximate surface area is 130 Å². The lowest BCUT2D eigenvalue weighted by Crippen LogP contribution is -2.32. The van der Waals surface area contributed by atoms with E-state index in [0.29, 0.717) is 12.3 Å². The van der Waals surface area contributed by atoms with Gasteiger partial charge in [0.1, 0.15) is 5.82 Å².